The van der Waals surface area contributed by atoms with Crippen LogP contribution in [0.4, 0.5) is 0 Å². The molecular weight excluding hydrogens is 228 g/mol. The molecule has 0 heterocycles. The van der Waals surface area contributed by atoms with Crippen LogP contribution in [0.2, 0.25) is 0 Å². The molecule has 0 fully saturated rings. The zero-order valence-electron chi connectivity index (χ0n) is 10.2. The van der Waals surface area contributed by atoms with Gasteiger partial charge in [0.05, 0.1) is 0 Å². The number of ether oxygens (including phenoxy) is 1. The van der Waals surface area contributed by atoms with Crippen molar-refractivity contribution in [3.63, 3.8) is 0 Å². The van der Waals surface area contributed by atoms with E-state index in [0.717, 1.165) is 4.90 Å². The summed E-state index contributed by atoms with van der Waals surface area (Å²) in [5.41, 5.74) is 3.82. The molecule has 7 heteroatoms. The number of nitrogens with zero attached hydrogens (tertiary/aromatic N) is 1. The molecule has 7 nitrogen and oxygen atoms in total. The summed E-state index contributed by atoms with van der Waals surface area (Å²) in [5, 5.41) is 8.67. The van der Waals surface area contributed by atoms with Crippen molar-refractivity contribution < 1.29 is 24.2 Å². The van der Waals surface area contributed by atoms with Gasteiger partial charge in [0, 0.05) is 7.11 Å². The molecular formula is C10H18N2O5. The molecule has 0 rings (SSSR count). The monoisotopic (exact) mass is 246 g/mol. The number of carboxylic acid groups (broad SMARTS) is 1. The molecule has 0 aromatic rings. The van der Waals surface area contributed by atoms with Crippen LogP contribution in [0.25, 0.3) is 0 Å². The first-order valence-electron chi connectivity index (χ1n) is 5.11. The van der Waals surface area contributed by atoms with Crippen LogP contribution in [0.5, 0.6) is 0 Å². The molecule has 0 aliphatic rings. The summed E-state index contributed by atoms with van der Waals surface area (Å²) in [6, 6.07) is 0. The number of hydrogen-bond acceptors (Lipinski definition) is 4. The smallest absolute Gasteiger partial charge is 0.323 e. The summed E-state index contributed by atoms with van der Waals surface area (Å²) < 4.78 is 5.06. The summed E-state index contributed by atoms with van der Waals surface area (Å²) in [6.45, 7) is 2.24. The normalized spacial score (nSPS) is 13.8. The average Bonchev–Trinajstić information content (AvgIpc) is 2.24. The van der Waals surface area contributed by atoms with E-state index in [-0.39, 0.29) is 0 Å². The Hall–Kier alpha value is -1.63. The van der Waals surface area contributed by atoms with Gasteiger partial charge in [-0.15, -0.1) is 0 Å². The zero-order chi connectivity index (χ0) is 13.6. The van der Waals surface area contributed by atoms with E-state index in [1.165, 1.54) is 14.0 Å². The van der Waals surface area contributed by atoms with Crippen LogP contribution in [-0.2, 0) is 19.1 Å². The SMILES string of the molecule is CCC(C)(OC)C(=O)N(CC(N)=O)CC(=O)O. The average molecular weight is 246 g/mol. The van der Waals surface area contributed by atoms with E-state index in [4.69, 9.17) is 15.6 Å². The van der Waals surface area contributed by atoms with Gasteiger partial charge in [-0.25, -0.2) is 0 Å². The second-order valence-electron chi connectivity index (χ2n) is 3.81. The Kier molecular flexibility index (Phi) is 5.60. The van der Waals surface area contributed by atoms with Crippen LogP contribution >= 0.6 is 0 Å². The van der Waals surface area contributed by atoms with Crippen molar-refractivity contribution in [2.75, 3.05) is 20.2 Å². The highest BCUT2D eigenvalue weighted by molar-refractivity contribution is 5.91. The van der Waals surface area contributed by atoms with Crippen molar-refractivity contribution in [3.05, 3.63) is 0 Å². The third-order valence-corrected chi connectivity index (χ3v) is 2.54. The number of nitrogens with two attached hydrogens (primary N) is 1. The van der Waals surface area contributed by atoms with Gasteiger partial charge in [-0.1, -0.05) is 6.92 Å². The number of amides is 2. The van der Waals surface area contributed by atoms with Gasteiger partial charge >= 0.3 is 5.97 Å². The number of carboxylic acids is 1. The lowest BCUT2D eigenvalue weighted by Crippen LogP contribution is -2.52. The minimum absolute atomic E-state index is 0.358. The first-order chi connectivity index (χ1) is 7.76. The van der Waals surface area contributed by atoms with Crippen molar-refractivity contribution in [2.24, 2.45) is 5.73 Å². The first kappa shape index (κ1) is 15.4. The second kappa shape index (κ2) is 6.19. The van der Waals surface area contributed by atoms with Crippen LogP contribution in [-0.4, -0.2) is 53.6 Å². The number of hydrogen-bond donors (Lipinski definition) is 2. The third-order valence-electron chi connectivity index (χ3n) is 2.54. The van der Waals surface area contributed by atoms with Crippen LogP contribution in [0.15, 0.2) is 0 Å². The van der Waals surface area contributed by atoms with Crippen molar-refractivity contribution in [2.45, 2.75) is 25.9 Å². The predicted molar refractivity (Wildman–Crippen MR) is 59.1 cm³/mol. The summed E-state index contributed by atoms with van der Waals surface area (Å²) in [7, 11) is 1.35. The zero-order valence-corrected chi connectivity index (χ0v) is 10.2. The fourth-order valence-corrected chi connectivity index (χ4v) is 1.27. The lowest BCUT2D eigenvalue weighted by atomic mass is 10.0. The maximum Gasteiger partial charge on any atom is 0.323 e. The van der Waals surface area contributed by atoms with Gasteiger partial charge in [0.1, 0.15) is 18.7 Å². The second-order valence-corrected chi connectivity index (χ2v) is 3.81. The molecule has 0 aromatic heterocycles. The Morgan fingerprint density at radius 1 is 1.35 bits per heavy atom. The fourth-order valence-electron chi connectivity index (χ4n) is 1.27. The van der Waals surface area contributed by atoms with Gasteiger partial charge in [0.15, 0.2) is 0 Å². The molecule has 1 unspecified atom stereocenters. The molecule has 17 heavy (non-hydrogen) atoms. The van der Waals surface area contributed by atoms with Crippen LogP contribution in [0.3, 0.4) is 0 Å². The Morgan fingerprint density at radius 2 is 1.88 bits per heavy atom. The standard InChI is InChI=1S/C10H18N2O5/c1-4-10(2,17-3)9(16)12(5-7(11)13)6-8(14)15/h4-6H2,1-3H3,(H2,11,13)(H,14,15). The highest BCUT2D eigenvalue weighted by atomic mass is 16.5. The lowest BCUT2D eigenvalue weighted by molar-refractivity contribution is -0.158. The van der Waals surface area contributed by atoms with Crippen LogP contribution < -0.4 is 5.73 Å². The molecule has 0 radical (unpaired) electrons. The fraction of sp³-hybridized carbons (Fsp3) is 0.700. The van der Waals surface area contributed by atoms with Crippen molar-refractivity contribution >= 4 is 17.8 Å². The molecule has 0 aliphatic heterocycles. The Balaban J connectivity index is 4.96. The summed E-state index contributed by atoms with van der Waals surface area (Å²) in [5.74, 6) is -2.55. The van der Waals surface area contributed by atoms with E-state index >= 15 is 0 Å². The maximum absolute atomic E-state index is 12.0. The summed E-state index contributed by atoms with van der Waals surface area (Å²) in [6.07, 6.45) is 0.358. The summed E-state index contributed by atoms with van der Waals surface area (Å²) in [4.78, 5) is 34.3. The number of carbonyl (C=O) groups excluding carboxylic acids is 2. The van der Waals surface area contributed by atoms with Gasteiger partial charge in [-0.05, 0) is 13.3 Å². The van der Waals surface area contributed by atoms with Gasteiger partial charge in [0.2, 0.25) is 5.91 Å². The third kappa shape index (κ3) is 4.39. The molecule has 0 saturated heterocycles. The minimum atomic E-state index is -1.21. The summed E-state index contributed by atoms with van der Waals surface area (Å²) >= 11 is 0. The van der Waals surface area contributed by atoms with E-state index in [1.54, 1.807) is 6.92 Å². The topological polar surface area (TPSA) is 110 Å². The number of aliphatic carboxylic acids is 1. The molecule has 0 bridgehead atoms. The van der Waals surface area contributed by atoms with Gasteiger partial charge in [-0.3, -0.25) is 14.4 Å². The highest BCUT2D eigenvalue weighted by Crippen LogP contribution is 2.17. The number of carbonyl (C=O) groups is 3. The van der Waals surface area contributed by atoms with Crippen molar-refractivity contribution in [1.29, 1.82) is 0 Å². The van der Waals surface area contributed by atoms with Gasteiger partial charge < -0.3 is 20.5 Å². The van der Waals surface area contributed by atoms with E-state index < -0.39 is 36.5 Å². The molecule has 0 aromatic carbocycles. The molecule has 3 N–H and O–H groups in total. The Bertz CT molecular complexity index is 296. The highest BCUT2D eigenvalue weighted by Gasteiger charge is 2.36. The molecule has 98 valence electrons. The Morgan fingerprint density at radius 3 is 2.18 bits per heavy atom. The quantitative estimate of drug-likeness (QED) is 0.611. The van der Waals surface area contributed by atoms with Crippen molar-refractivity contribution in [3.8, 4) is 0 Å². The first-order valence-corrected chi connectivity index (χ1v) is 5.11. The van der Waals surface area contributed by atoms with E-state index in [1.807, 2.05) is 0 Å². The number of primary amides is 1. The van der Waals surface area contributed by atoms with E-state index in [2.05, 4.69) is 0 Å². The van der Waals surface area contributed by atoms with Crippen molar-refractivity contribution in [1.82, 2.24) is 4.90 Å². The lowest BCUT2D eigenvalue weighted by Gasteiger charge is -2.31. The molecule has 0 aliphatic carbocycles. The van der Waals surface area contributed by atoms with Gasteiger partial charge in [-0.2, -0.15) is 0 Å². The largest absolute Gasteiger partial charge is 0.480 e. The number of rotatable bonds is 7. The minimum Gasteiger partial charge on any atom is -0.480 e. The van der Waals surface area contributed by atoms with Crippen LogP contribution in [0, 0.1) is 0 Å². The molecule has 0 spiro atoms. The Labute approximate surface area is 99.5 Å². The number of methoxy groups -OCH3 is 1. The van der Waals surface area contributed by atoms with E-state index in [0.29, 0.717) is 6.42 Å². The van der Waals surface area contributed by atoms with E-state index in [9.17, 15) is 14.4 Å². The van der Waals surface area contributed by atoms with Gasteiger partial charge in [0.25, 0.3) is 5.91 Å². The van der Waals surface area contributed by atoms with Crippen LogP contribution in [0.1, 0.15) is 20.3 Å². The molecule has 1 atom stereocenters. The molecule has 0 saturated carbocycles. The maximum atomic E-state index is 12.0. The predicted octanol–water partition coefficient (Wildman–Crippen LogP) is -0.800. The molecule has 2 amide bonds.